The van der Waals surface area contributed by atoms with Crippen molar-refractivity contribution in [2.24, 2.45) is 0 Å². The molecule has 2 aromatic carbocycles. The minimum atomic E-state index is -2.09. The summed E-state index contributed by atoms with van der Waals surface area (Å²) in [5.41, 5.74) is 1.22. The van der Waals surface area contributed by atoms with Gasteiger partial charge in [0.05, 0.1) is 4.92 Å². The predicted molar refractivity (Wildman–Crippen MR) is 126 cm³/mol. The SMILES string of the molecule is C[C@H](O[Si](C)(C)C(C)(C)C)C(=O)C=Cc1cccc([N+](=O)[O-])c1OCc1ccccc1. The van der Waals surface area contributed by atoms with Gasteiger partial charge in [0.25, 0.3) is 0 Å². The number of ether oxygens (including phenoxy) is 1. The molecular formula is C24H31NO5Si. The Labute approximate surface area is 185 Å². The summed E-state index contributed by atoms with van der Waals surface area (Å²) < 4.78 is 12.0. The summed E-state index contributed by atoms with van der Waals surface area (Å²) in [6.07, 6.45) is 2.37. The number of nitro groups is 1. The number of carbonyl (C=O) groups excluding carboxylic acids is 1. The number of nitrogens with zero attached hydrogens (tertiary/aromatic N) is 1. The summed E-state index contributed by atoms with van der Waals surface area (Å²) in [5, 5.41) is 11.5. The van der Waals surface area contributed by atoms with Crippen LogP contribution in [0, 0.1) is 10.1 Å². The zero-order valence-corrected chi connectivity index (χ0v) is 20.0. The Morgan fingerprint density at radius 1 is 1.13 bits per heavy atom. The van der Waals surface area contributed by atoms with Crippen LogP contribution in [0.5, 0.6) is 5.75 Å². The summed E-state index contributed by atoms with van der Waals surface area (Å²) >= 11 is 0. The fourth-order valence-corrected chi connectivity index (χ4v) is 4.04. The van der Waals surface area contributed by atoms with Crippen LogP contribution in [0.4, 0.5) is 5.69 Å². The Morgan fingerprint density at radius 3 is 2.35 bits per heavy atom. The fraction of sp³-hybridized carbons (Fsp3) is 0.375. The summed E-state index contributed by atoms with van der Waals surface area (Å²) in [4.78, 5) is 23.7. The number of rotatable bonds is 9. The molecule has 6 nitrogen and oxygen atoms in total. The van der Waals surface area contributed by atoms with E-state index < -0.39 is 19.3 Å². The molecule has 0 aliphatic carbocycles. The molecule has 0 unspecified atom stereocenters. The smallest absolute Gasteiger partial charge is 0.311 e. The molecule has 2 aromatic rings. The van der Waals surface area contributed by atoms with E-state index in [0.717, 1.165) is 5.56 Å². The van der Waals surface area contributed by atoms with E-state index in [2.05, 4.69) is 33.9 Å². The molecule has 0 saturated carbocycles. The molecule has 0 amide bonds. The number of nitro benzene ring substituents is 1. The quantitative estimate of drug-likeness (QED) is 0.201. The summed E-state index contributed by atoms with van der Waals surface area (Å²) in [7, 11) is -2.09. The molecule has 31 heavy (non-hydrogen) atoms. The van der Waals surface area contributed by atoms with Crippen LogP contribution >= 0.6 is 0 Å². The number of carbonyl (C=O) groups is 1. The van der Waals surface area contributed by atoms with Crippen molar-refractivity contribution in [3.8, 4) is 5.75 Å². The van der Waals surface area contributed by atoms with E-state index in [-0.39, 0.29) is 28.9 Å². The van der Waals surface area contributed by atoms with Crippen LogP contribution in [0.1, 0.15) is 38.8 Å². The molecular weight excluding hydrogens is 410 g/mol. The molecule has 0 aliphatic heterocycles. The van der Waals surface area contributed by atoms with Crippen LogP contribution in [0.15, 0.2) is 54.6 Å². The maximum absolute atomic E-state index is 12.7. The van der Waals surface area contributed by atoms with Gasteiger partial charge in [-0.25, -0.2) is 0 Å². The van der Waals surface area contributed by atoms with Gasteiger partial charge in [0.1, 0.15) is 12.7 Å². The van der Waals surface area contributed by atoms with E-state index in [1.54, 1.807) is 25.1 Å². The molecule has 0 spiro atoms. The van der Waals surface area contributed by atoms with Gasteiger partial charge in [0.2, 0.25) is 5.75 Å². The van der Waals surface area contributed by atoms with Gasteiger partial charge < -0.3 is 9.16 Å². The second-order valence-corrected chi connectivity index (χ2v) is 13.7. The van der Waals surface area contributed by atoms with Crippen molar-refractivity contribution in [3.05, 3.63) is 75.8 Å². The number of hydrogen-bond donors (Lipinski definition) is 0. The Kier molecular flexibility index (Phi) is 7.92. The lowest BCUT2D eigenvalue weighted by Gasteiger charge is -2.37. The molecule has 0 saturated heterocycles. The van der Waals surface area contributed by atoms with Crippen LogP contribution in [0.3, 0.4) is 0 Å². The minimum Gasteiger partial charge on any atom is -0.482 e. The summed E-state index contributed by atoms with van der Waals surface area (Å²) in [6, 6.07) is 14.1. The second kappa shape index (κ2) is 10.0. The molecule has 166 valence electrons. The Morgan fingerprint density at radius 2 is 1.77 bits per heavy atom. The molecule has 0 aromatic heterocycles. The molecule has 0 bridgehead atoms. The second-order valence-electron chi connectivity index (χ2n) is 8.98. The third kappa shape index (κ3) is 6.60. The highest BCUT2D eigenvalue weighted by Gasteiger charge is 2.39. The van der Waals surface area contributed by atoms with Crippen LogP contribution < -0.4 is 4.74 Å². The lowest BCUT2D eigenvalue weighted by molar-refractivity contribution is -0.386. The number of ketones is 1. The zero-order valence-electron chi connectivity index (χ0n) is 19.0. The maximum atomic E-state index is 12.7. The van der Waals surface area contributed by atoms with Gasteiger partial charge in [-0.3, -0.25) is 14.9 Å². The van der Waals surface area contributed by atoms with Crippen molar-refractivity contribution in [1.29, 1.82) is 0 Å². The Balaban J connectivity index is 2.23. The van der Waals surface area contributed by atoms with Crippen molar-refractivity contribution in [2.45, 2.75) is 58.5 Å². The molecule has 0 fully saturated rings. The van der Waals surface area contributed by atoms with Gasteiger partial charge >= 0.3 is 5.69 Å². The van der Waals surface area contributed by atoms with Crippen molar-refractivity contribution in [3.63, 3.8) is 0 Å². The predicted octanol–water partition coefficient (Wildman–Crippen LogP) is 6.17. The van der Waals surface area contributed by atoms with Gasteiger partial charge in [-0.05, 0) is 42.8 Å². The highest BCUT2D eigenvalue weighted by molar-refractivity contribution is 6.74. The van der Waals surface area contributed by atoms with Gasteiger partial charge in [0.15, 0.2) is 14.1 Å². The molecule has 7 heteroatoms. The molecule has 0 N–H and O–H groups in total. The summed E-state index contributed by atoms with van der Waals surface area (Å²) in [6.45, 7) is 12.5. The fourth-order valence-electron chi connectivity index (χ4n) is 2.69. The lowest BCUT2D eigenvalue weighted by atomic mass is 10.1. The first-order chi connectivity index (χ1) is 14.4. The van der Waals surface area contributed by atoms with Gasteiger partial charge in [-0.2, -0.15) is 0 Å². The molecule has 0 radical (unpaired) electrons. The third-order valence-electron chi connectivity index (χ3n) is 5.55. The van der Waals surface area contributed by atoms with Crippen LogP contribution in [-0.4, -0.2) is 25.1 Å². The highest BCUT2D eigenvalue weighted by Crippen LogP contribution is 2.37. The first kappa shape index (κ1) is 24.5. The lowest BCUT2D eigenvalue weighted by Crippen LogP contribution is -2.44. The first-order valence-electron chi connectivity index (χ1n) is 10.3. The van der Waals surface area contributed by atoms with Crippen LogP contribution in [-0.2, 0) is 15.8 Å². The maximum Gasteiger partial charge on any atom is 0.311 e. The Bertz CT molecular complexity index is 948. The van der Waals surface area contributed by atoms with Gasteiger partial charge in [0, 0.05) is 11.6 Å². The first-order valence-corrected chi connectivity index (χ1v) is 13.2. The van der Waals surface area contributed by atoms with Crippen LogP contribution in [0.2, 0.25) is 18.1 Å². The monoisotopic (exact) mass is 441 g/mol. The normalized spacial score (nSPS) is 13.2. The topological polar surface area (TPSA) is 78.7 Å². The number of para-hydroxylation sites is 1. The van der Waals surface area contributed by atoms with E-state index in [1.807, 2.05) is 30.3 Å². The highest BCUT2D eigenvalue weighted by atomic mass is 28.4. The van der Waals surface area contributed by atoms with Crippen molar-refractivity contribution in [1.82, 2.24) is 0 Å². The average molecular weight is 442 g/mol. The van der Waals surface area contributed by atoms with Crippen molar-refractivity contribution in [2.75, 3.05) is 0 Å². The largest absolute Gasteiger partial charge is 0.482 e. The number of hydrogen-bond acceptors (Lipinski definition) is 5. The molecule has 0 aliphatic rings. The van der Waals surface area contributed by atoms with E-state index in [9.17, 15) is 14.9 Å². The van der Waals surface area contributed by atoms with E-state index in [1.165, 1.54) is 12.1 Å². The standard InChI is InChI=1S/C24H31NO5Si/c1-18(30-31(5,6)24(2,3)4)22(26)16-15-20-13-10-14-21(25(27)28)23(20)29-17-19-11-8-7-9-12-19/h7-16,18H,17H2,1-6H3/t18-/m0/s1. The average Bonchev–Trinajstić information content (AvgIpc) is 2.70. The van der Waals surface area contributed by atoms with Crippen molar-refractivity contribution < 1.29 is 18.9 Å². The zero-order chi connectivity index (χ0) is 23.2. The van der Waals surface area contributed by atoms with E-state index in [4.69, 9.17) is 9.16 Å². The number of benzene rings is 2. The minimum absolute atomic E-state index is 0.0102. The molecule has 0 heterocycles. The van der Waals surface area contributed by atoms with Crippen LogP contribution in [0.25, 0.3) is 6.08 Å². The van der Waals surface area contributed by atoms with Crippen molar-refractivity contribution >= 4 is 25.9 Å². The third-order valence-corrected chi connectivity index (χ3v) is 10.1. The van der Waals surface area contributed by atoms with Gasteiger partial charge in [-0.1, -0.05) is 63.2 Å². The van der Waals surface area contributed by atoms with E-state index in [0.29, 0.717) is 5.56 Å². The summed E-state index contributed by atoms with van der Waals surface area (Å²) in [5.74, 6) is -0.0521. The van der Waals surface area contributed by atoms with Gasteiger partial charge in [-0.15, -0.1) is 0 Å². The van der Waals surface area contributed by atoms with E-state index >= 15 is 0 Å². The Hall–Kier alpha value is -2.77. The molecule has 2 rings (SSSR count). The molecule has 1 atom stereocenters.